The Morgan fingerprint density at radius 2 is 1.65 bits per heavy atom. The van der Waals surface area contributed by atoms with Gasteiger partial charge in [-0.2, -0.15) is 5.26 Å². The molecule has 2 heterocycles. The van der Waals surface area contributed by atoms with Crippen LogP contribution in [0.2, 0.25) is 0 Å². The molecule has 8 nitrogen and oxygen atoms in total. The van der Waals surface area contributed by atoms with Crippen LogP contribution in [0.4, 0.5) is 17.2 Å². The molecule has 1 fully saturated rings. The molecule has 0 aliphatic carbocycles. The van der Waals surface area contributed by atoms with Crippen molar-refractivity contribution in [2.75, 3.05) is 48.4 Å². The molecule has 0 unspecified atom stereocenters. The van der Waals surface area contributed by atoms with E-state index in [1.807, 2.05) is 30.3 Å². The van der Waals surface area contributed by atoms with Crippen LogP contribution in [0.3, 0.4) is 0 Å². The third-order valence-corrected chi connectivity index (χ3v) is 5.20. The molecule has 4 rings (SSSR count). The number of anilines is 3. The van der Waals surface area contributed by atoms with E-state index < -0.39 is 0 Å². The standard InChI is InChI=1S/C23H22N6O2/c1-31-21-8-2-17(3-9-21)23(30)27-18-4-6-20(7-5-18)28-10-12-29(13-11-28)22-16-25-19(14-24)15-26-22/h2-9,15-16H,10-13H2,1H3,(H,27,30). The van der Waals surface area contributed by atoms with Gasteiger partial charge in [0.15, 0.2) is 5.69 Å². The van der Waals surface area contributed by atoms with Gasteiger partial charge in [0.05, 0.1) is 19.5 Å². The van der Waals surface area contributed by atoms with E-state index in [1.165, 1.54) is 6.20 Å². The molecule has 156 valence electrons. The van der Waals surface area contributed by atoms with E-state index >= 15 is 0 Å². The Kier molecular flexibility index (Phi) is 5.94. The maximum absolute atomic E-state index is 12.4. The number of piperazine rings is 1. The third kappa shape index (κ3) is 4.73. The first-order valence-electron chi connectivity index (χ1n) is 9.94. The Hall–Kier alpha value is -4.12. The van der Waals surface area contributed by atoms with Crippen LogP contribution in [0.1, 0.15) is 16.1 Å². The fourth-order valence-electron chi connectivity index (χ4n) is 3.44. The number of ether oxygens (including phenoxy) is 1. The topological polar surface area (TPSA) is 94.4 Å². The molecule has 8 heteroatoms. The molecule has 0 bridgehead atoms. The minimum atomic E-state index is -0.160. The predicted octanol–water partition coefficient (Wildman–Crippen LogP) is 2.94. The van der Waals surface area contributed by atoms with Crippen molar-refractivity contribution in [2.45, 2.75) is 0 Å². The van der Waals surface area contributed by atoms with Crippen molar-refractivity contribution < 1.29 is 9.53 Å². The number of carbonyl (C=O) groups excluding carboxylic acids is 1. The summed E-state index contributed by atoms with van der Waals surface area (Å²) in [4.78, 5) is 25.3. The van der Waals surface area contributed by atoms with Crippen molar-refractivity contribution in [1.82, 2.24) is 9.97 Å². The molecule has 1 aromatic heterocycles. The maximum atomic E-state index is 12.4. The van der Waals surface area contributed by atoms with E-state index in [0.717, 1.165) is 43.4 Å². The van der Waals surface area contributed by atoms with Gasteiger partial charge in [-0.15, -0.1) is 0 Å². The summed E-state index contributed by atoms with van der Waals surface area (Å²) >= 11 is 0. The van der Waals surface area contributed by atoms with E-state index in [-0.39, 0.29) is 5.91 Å². The number of amides is 1. The van der Waals surface area contributed by atoms with Gasteiger partial charge in [-0.05, 0) is 48.5 Å². The Bertz CT molecular complexity index is 1070. The van der Waals surface area contributed by atoms with Gasteiger partial charge in [0.2, 0.25) is 0 Å². The van der Waals surface area contributed by atoms with Gasteiger partial charge in [0.25, 0.3) is 5.91 Å². The molecule has 0 atom stereocenters. The van der Waals surface area contributed by atoms with Gasteiger partial charge in [0.1, 0.15) is 17.6 Å². The van der Waals surface area contributed by atoms with Crippen molar-refractivity contribution in [3.05, 3.63) is 72.2 Å². The highest BCUT2D eigenvalue weighted by atomic mass is 16.5. The van der Waals surface area contributed by atoms with E-state index in [4.69, 9.17) is 10.00 Å². The smallest absolute Gasteiger partial charge is 0.255 e. The third-order valence-electron chi connectivity index (χ3n) is 5.20. The van der Waals surface area contributed by atoms with Crippen molar-refractivity contribution in [1.29, 1.82) is 5.26 Å². The summed E-state index contributed by atoms with van der Waals surface area (Å²) in [7, 11) is 1.59. The van der Waals surface area contributed by atoms with Gasteiger partial charge >= 0.3 is 0 Å². The molecule has 0 saturated carbocycles. The number of hydrogen-bond donors (Lipinski definition) is 1. The van der Waals surface area contributed by atoms with E-state index in [9.17, 15) is 4.79 Å². The molecule has 31 heavy (non-hydrogen) atoms. The molecule has 0 spiro atoms. The number of hydrogen-bond acceptors (Lipinski definition) is 7. The minimum absolute atomic E-state index is 0.160. The van der Waals surface area contributed by atoms with Gasteiger partial charge in [-0.1, -0.05) is 0 Å². The molecular weight excluding hydrogens is 392 g/mol. The maximum Gasteiger partial charge on any atom is 0.255 e. The van der Waals surface area contributed by atoms with Crippen LogP contribution in [0.25, 0.3) is 0 Å². The summed E-state index contributed by atoms with van der Waals surface area (Å²) in [5.41, 5.74) is 2.75. The van der Waals surface area contributed by atoms with Crippen LogP contribution < -0.4 is 19.9 Å². The van der Waals surface area contributed by atoms with Crippen LogP contribution in [-0.4, -0.2) is 49.2 Å². The Morgan fingerprint density at radius 1 is 0.968 bits per heavy atom. The molecule has 1 N–H and O–H groups in total. The lowest BCUT2D eigenvalue weighted by atomic mass is 10.2. The number of nitrogens with one attached hydrogen (secondary N) is 1. The van der Waals surface area contributed by atoms with Gasteiger partial charge < -0.3 is 19.9 Å². The largest absolute Gasteiger partial charge is 0.497 e. The first-order valence-corrected chi connectivity index (χ1v) is 9.94. The molecule has 1 saturated heterocycles. The second-order valence-corrected chi connectivity index (χ2v) is 7.08. The molecule has 1 aliphatic rings. The minimum Gasteiger partial charge on any atom is -0.497 e. The fraction of sp³-hybridized carbons (Fsp3) is 0.217. The zero-order chi connectivity index (χ0) is 21.6. The first kappa shape index (κ1) is 20.2. The number of nitrogens with zero attached hydrogens (tertiary/aromatic N) is 5. The average molecular weight is 414 g/mol. The van der Waals surface area contributed by atoms with E-state index in [2.05, 4.69) is 25.1 Å². The zero-order valence-corrected chi connectivity index (χ0v) is 17.2. The van der Waals surface area contributed by atoms with Crippen molar-refractivity contribution >= 4 is 23.1 Å². The van der Waals surface area contributed by atoms with Crippen molar-refractivity contribution in [2.24, 2.45) is 0 Å². The van der Waals surface area contributed by atoms with Crippen LogP contribution in [0.15, 0.2) is 60.9 Å². The summed E-state index contributed by atoms with van der Waals surface area (Å²) < 4.78 is 5.12. The first-order chi connectivity index (χ1) is 15.2. The zero-order valence-electron chi connectivity index (χ0n) is 17.2. The lowest BCUT2D eigenvalue weighted by molar-refractivity contribution is 0.102. The lowest BCUT2D eigenvalue weighted by Gasteiger charge is -2.36. The highest BCUT2D eigenvalue weighted by Crippen LogP contribution is 2.22. The fourth-order valence-corrected chi connectivity index (χ4v) is 3.44. The monoisotopic (exact) mass is 414 g/mol. The second kappa shape index (κ2) is 9.13. The van der Waals surface area contributed by atoms with Crippen LogP contribution in [0, 0.1) is 11.3 Å². The number of carbonyl (C=O) groups is 1. The van der Waals surface area contributed by atoms with Crippen LogP contribution >= 0.6 is 0 Å². The SMILES string of the molecule is COc1ccc(C(=O)Nc2ccc(N3CCN(c4cnc(C#N)cn4)CC3)cc2)cc1. The quantitative estimate of drug-likeness (QED) is 0.686. The molecule has 2 aromatic carbocycles. The Balaban J connectivity index is 1.33. The average Bonchev–Trinajstić information content (AvgIpc) is 2.85. The van der Waals surface area contributed by atoms with Crippen molar-refractivity contribution in [3.8, 4) is 11.8 Å². The number of nitriles is 1. The molecule has 3 aromatic rings. The number of rotatable bonds is 5. The number of aromatic nitrogens is 2. The van der Waals surface area contributed by atoms with E-state index in [1.54, 1.807) is 37.6 Å². The Labute approximate surface area is 180 Å². The summed E-state index contributed by atoms with van der Waals surface area (Å²) in [6.07, 6.45) is 3.15. The normalized spacial score (nSPS) is 13.4. The molecule has 1 amide bonds. The number of benzene rings is 2. The Morgan fingerprint density at radius 3 is 2.23 bits per heavy atom. The van der Waals surface area contributed by atoms with Crippen molar-refractivity contribution in [3.63, 3.8) is 0 Å². The van der Waals surface area contributed by atoms with Gasteiger partial charge in [0, 0.05) is 43.1 Å². The highest BCUT2D eigenvalue weighted by Gasteiger charge is 2.18. The molecular formula is C23H22N6O2. The second-order valence-electron chi connectivity index (χ2n) is 7.08. The summed E-state index contributed by atoms with van der Waals surface area (Å²) in [5, 5.41) is 11.8. The van der Waals surface area contributed by atoms with Crippen LogP contribution in [-0.2, 0) is 0 Å². The molecule has 1 aliphatic heterocycles. The van der Waals surface area contributed by atoms with Gasteiger partial charge in [-0.25, -0.2) is 9.97 Å². The molecule has 0 radical (unpaired) electrons. The number of methoxy groups -OCH3 is 1. The summed E-state index contributed by atoms with van der Waals surface area (Å²) in [6, 6.07) is 16.8. The highest BCUT2D eigenvalue weighted by molar-refractivity contribution is 6.04. The van der Waals surface area contributed by atoms with Crippen LogP contribution in [0.5, 0.6) is 5.75 Å². The summed E-state index contributed by atoms with van der Waals surface area (Å²) in [5.74, 6) is 1.34. The van der Waals surface area contributed by atoms with E-state index in [0.29, 0.717) is 17.0 Å². The predicted molar refractivity (Wildman–Crippen MR) is 119 cm³/mol. The summed E-state index contributed by atoms with van der Waals surface area (Å²) in [6.45, 7) is 3.32. The lowest BCUT2D eigenvalue weighted by Crippen LogP contribution is -2.46. The van der Waals surface area contributed by atoms with Gasteiger partial charge in [-0.3, -0.25) is 4.79 Å².